The molecule has 8 nitrogen and oxygen atoms in total. The number of amides is 2. The standard InChI is InChI=1S/C23H36N2O6/c1-23(2,3)31-22(28)25-19(12-13-20(24)26)16-30-15-5-6-17-7-9-18(10-8-17)11-14-21(27)29-4/h7-10,19H,5-6,11-16H2,1-4H3,(H2,24,26)(H,25,28)/t19-/m0/s1. The van der Waals surface area contributed by atoms with Crippen LogP contribution in [0.3, 0.4) is 0 Å². The van der Waals surface area contributed by atoms with Crippen LogP contribution in [0.15, 0.2) is 24.3 Å². The van der Waals surface area contributed by atoms with Gasteiger partial charge in [0.1, 0.15) is 5.60 Å². The molecule has 1 aromatic carbocycles. The van der Waals surface area contributed by atoms with Crippen LogP contribution in [-0.2, 0) is 36.6 Å². The molecule has 0 aliphatic heterocycles. The Morgan fingerprint density at radius 2 is 1.65 bits per heavy atom. The number of esters is 1. The number of carbonyl (C=O) groups excluding carboxylic acids is 3. The van der Waals surface area contributed by atoms with E-state index < -0.39 is 17.6 Å². The highest BCUT2D eigenvalue weighted by molar-refractivity contribution is 5.74. The van der Waals surface area contributed by atoms with E-state index >= 15 is 0 Å². The van der Waals surface area contributed by atoms with Crippen LogP contribution in [0.1, 0.15) is 57.6 Å². The molecule has 0 fully saturated rings. The molecule has 0 radical (unpaired) electrons. The van der Waals surface area contributed by atoms with Crippen LogP contribution in [0.2, 0.25) is 0 Å². The van der Waals surface area contributed by atoms with E-state index in [1.807, 2.05) is 24.3 Å². The number of alkyl carbamates (subject to hydrolysis) is 1. The molecule has 0 bridgehead atoms. The molecule has 0 aromatic heterocycles. The van der Waals surface area contributed by atoms with Gasteiger partial charge in [-0.3, -0.25) is 9.59 Å². The van der Waals surface area contributed by atoms with Crippen molar-refractivity contribution in [2.24, 2.45) is 5.73 Å². The van der Waals surface area contributed by atoms with E-state index in [-0.39, 0.29) is 25.0 Å². The Kier molecular flexibility index (Phi) is 11.6. The van der Waals surface area contributed by atoms with Gasteiger partial charge in [-0.25, -0.2) is 4.79 Å². The Morgan fingerprint density at radius 3 is 2.19 bits per heavy atom. The topological polar surface area (TPSA) is 117 Å². The lowest BCUT2D eigenvalue weighted by atomic mass is 10.0. The third-order valence-corrected chi connectivity index (χ3v) is 4.40. The molecular weight excluding hydrogens is 400 g/mol. The number of ether oxygens (including phenoxy) is 3. The van der Waals surface area contributed by atoms with E-state index in [1.54, 1.807) is 20.8 Å². The zero-order valence-electron chi connectivity index (χ0n) is 19.1. The molecule has 2 amide bonds. The average Bonchev–Trinajstić information content (AvgIpc) is 2.69. The molecule has 0 saturated heterocycles. The minimum absolute atomic E-state index is 0.159. The van der Waals surface area contributed by atoms with Gasteiger partial charge in [0.05, 0.1) is 19.8 Å². The number of primary amides is 1. The van der Waals surface area contributed by atoms with Gasteiger partial charge in [0.25, 0.3) is 0 Å². The third kappa shape index (κ3) is 13.3. The quantitative estimate of drug-likeness (QED) is 0.363. The van der Waals surface area contributed by atoms with Crippen molar-refractivity contribution in [2.75, 3.05) is 20.3 Å². The first-order valence-electron chi connectivity index (χ1n) is 10.6. The van der Waals surface area contributed by atoms with E-state index in [4.69, 9.17) is 15.2 Å². The van der Waals surface area contributed by atoms with Gasteiger partial charge in [0.15, 0.2) is 0 Å². The summed E-state index contributed by atoms with van der Waals surface area (Å²) in [4.78, 5) is 34.3. The van der Waals surface area contributed by atoms with Gasteiger partial charge in [0, 0.05) is 19.4 Å². The summed E-state index contributed by atoms with van der Waals surface area (Å²) in [7, 11) is 1.39. The predicted molar refractivity (Wildman–Crippen MR) is 118 cm³/mol. The fourth-order valence-corrected chi connectivity index (χ4v) is 2.81. The Morgan fingerprint density at radius 1 is 1.03 bits per heavy atom. The number of hydrogen-bond donors (Lipinski definition) is 2. The highest BCUT2D eigenvalue weighted by atomic mass is 16.6. The van der Waals surface area contributed by atoms with Crippen molar-refractivity contribution < 1.29 is 28.6 Å². The smallest absolute Gasteiger partial charge is 0.407 e. The van der Waals surface area contributed by atoms with Gasteiger partial charge < -0.3 is 25.3 Å². The highest BCUT2D eigenvalue weighted by Gasteiger charge is 2.20. The van der Waals surface area contributed by atoms with Crippen molar-refractivity contribution in [3.63, 3.8) is 0 Å². The monoisotopic (exact) mass is 436 g/mol. The maximum Gasteiger partial charge on any atom is 0.407 e. The molecule has 31 heavy (non-hydrogen) atoms. The minimum Gasteiger partial charge on any atom is -0.469 e. The third-order valence-electron chi connectivity index (χ3n) is 4.40. The molecule has 0 aliphatic carbocycles. The van der Waals surface area contributed by atoms with Gasteiger partial charge in [-0.1, -0.05) is 24.3 Å². The van der Waals surface area contributed by atoms with Gasteiger partial charge in [-0.15, -0.1) is 0 Å². The molecule has 1 aromatic rings. The summed E-state index contributed by atoms with van der Waals surface area (Å²) < 4.78 is 15.6. The number of carbonyl (C=O) groups is 3. The van der Waals surface area contributed by atoms with Crippen LogP contribution in [0, 0.1) is 0 Å². The summed E-state index contributed by atoms with van der Waals surface area (Å²) in [5, 5.41) is 2.74. The van der Waals surface area contributed by atoms with E-state index in [1.165, 1.54) is 12.7 Å². The summed E-state index contributed by atoms with van der Waals surface area (Å²) in [5.41, 5.74) is 6.89. The summed E-state index contributed by atoms with van der Waals surface area (Å²) in [6.07, 6.45) is 2.70. The summed E-state index contributed by atoms with van der Waals surface area (Å²) in [6.45, 7) is 6.15. The van der Waals surface area contributed by atoms with Gasteiger partial charge in [-0.05, 0) is 57.6 Å². The highest BCUT2D eigenvalue weighted by Crippen LogP contribution is 2.10. The van der Waals surface area contributed by atoms with Crippen LogP contribution in [0.5, 0.6) is 0 Å². The fraction of sp³-hybridized carbons (Fsp3) is 0.609. The number of nitrogens with one attached hydrogen (secondary N) is 1. The lowest BCUT2D eigenvalue weighted by molar-refractivity contribution is -0.140. The molecule has 1 rings (SSSR count). The first-order chi connectivity index (χ1) is 14.6. The SMILES string of the molecule is COC(=O)CCc1ccc(CCCOC[C@H](CCC(N)=O)NC(=O)OC(C)(C)C)cc1. The number of hydrogen-bond acceptors (Lipinski definition) is 6. The lowest BCUT2D eigenvalue weighted by Crippen LogP contribution is -2.42. The van der Waals surface area contributed by atoms with Gasteiger partial charge >= 0.3 is 12.1 Å². The molecule has 0 heterocycles. The van der Waals surface area contributed by atoms with Crippen LogP contribution in [0.4, 0.5) is 4.79 Å². The number of aryl methyl sites for hydroxylation is 2. The molecule has 0 spiro atoms. The Labute approximate surface area is 184 Å². The first kappa shape index (κ1) is 26.4. The van der Waals surface area contributed by atoms with Crippen molar-refractivity contribution in [1.29, 1.82) is 0 Å². The van der Waals surface area contributed by atoms with Crippen molar-refractivity contribution in [3.8, 4) is 0 Å². The fourth-order valence-electron chi connectivity index (χ4n) is 2.81. The molecule has 3 N–H and O–H groups in total. The second kappa shape index (κ2) is 13.6. The van der Waals surface area contributed by atoms with E-state index in [0.29, 0.717) is 25.9 Å². The number of rotatable bonds is 13. The lowest BCUT2D eigenvalue weighted by Gasteiger charge is -2.23. The Balaban J connectivity index is 2.36. The summed E-state index contributed by atoms with van der Waals surface area (Å²) >= 11 is 0. The molecule has 0 aliphatic rings. The van der Waals surface area contributed by atoms with Crippen molar-refractivity contribution in [2.45, 2.75) is 70.9 Å². The number of nitrogens with two attached hydrogens (primary N) is 1. The molecule has 0 saturated carbocycles. The second-order valence-electron chi connectivity index (χ2n) is 8.42. The molecule has 0 unspecified atom stereocenters. The maximum absolute atomic E-state index is 12.0. The number of methoxy groups -OCH3 is 1. The second-order valence-corrected chi connectivity index (χ2v) is 8.42. The zero-order chi connectivity index (χ0) is 23.3. The maximum atomic E-state index is 12.0. The van der Waals surface area contributed by atoms with Crippen LogP contribution in [0.25, 0.3) is 0 Å². The van der Waals surface area contributed by atoms with Crippen LogP contribution < -0.4 is 11.1 Å². The predicted octanol–water partition coefficient (Wildman–Crippen LogP) is 2.90. The van der Waals surface area contributed by atoms with Crippen molar-refractivity contribution >= 4 is 18.0 Å². The Hall–Kier alpha value is -2.61. The molecule has 174 valence electrons. The number of benzene rings is 1. The molecular formula is C23H36N2O6. The largest absolute Gasteiger partial charge is 0.469 e. The minimum atomic E-state index is -0.603. The van der Waals surface area contributed by atoms with Crippen LogP contribution in [-0.4, -0.2) is 49.9 Å². The molecule has 1 atom stereocenters. The molecule has 8 heteroatoms. The van der Waals surface area contributed by atoms with E-state index in [2.05, 4.69) is 10.1 Å². The van der Waals surface area contributed by atoms with Crippen LogP contribution >= 0.6 is 0 Å². The van der Waals surface area contributed by atoms with E-state index in [0.717, 1.165) is 18.4 Å². The zero-order valence-corrected chi connectivity index (χ0v) is 19.1. The summed E-state index contributed by atoms with van der Waals surface area (Å²) in [6, 6.07) is 7.78. The first-order valence-corrected chi connectivity index (χ1v) is 10.6. The van der Waals surface area contributed by atoms with E-state index in [9.17, 15) is 14.4 Å². The Bertz CT molecular complexity index is 697. The average molecular weight is 437 g/mol. The van der Waals surface area contributed by atoms with Crippen molar-refractivity contribution in [3.05, 3.63) is 35.4 Å². The van der Waals surface area contributed by atoms with Gasteiger partial charge in [0.2, 0.25) is 5.91 Å². The summed E-state index contributed by atoms with van der Waals surface area (Å²) in [5.74, 6) is -0.637. The van der Waals surface area contributed by atoms with Gasteiger partial charge in [-0.2, -0.15) is 0 Å². The normalized spacial score (nSPS) is 12.1. The van der Waals surface area contributed by atoms with Crippen molar-refractivity contribution in [1.82, 2.24) is 5.32 Å².